The van der Waals surface area contributed by atoms with Gasteiger partial charge in [0.2, 0.25) is 88.6 Å². The number of phenolic OH excluding ortho intramolecular Hbond substituents is 1. The number of aliphatic imine (C=N–C) groups is 1. The molecule has 1 aromatic carbocycles. The SMILES string of the molecule is CC(C)C[C@H](NC(=O)[C@@H](NC(=O)[C@@H]1CCCN1C(=O)[C@@H](NC(=O)[C@H](CO)NC(=O)[C@@H](NC(=O)[C@H](CCC(N)=O)NC(=O)[C@@H]1CCCN1C(=O)[C@@H](NC(=O)[C@H](CCCCN)NC(=O)[C@H](CCCCN)NC(=O)[C@@H](NC(=O)[C@H](Cc1ccc(O)cc1)NC(=O)[C@H](CCCN=C(N)N)NC(=O)[C@@H](N)C(C)C)[C@@H](C)O)C(C)C)C(C)C)[C@@H](C)O)[C@@H](C)O)C(=O)O. The van der Waals surface area contributed by atoms with E-state index in [1.54, 1.807) is 41.5 Å². The first-order valence-electron chi connectivity index (χ1n) is 41.2. The normalized spacial score (nSPS) is 17.9. The van der Waals surface area contributed by atoms with Gasteiger partial charge < -0.3 is 139 Å². The maximum absolute atomic E-state index is 14.9. The fraction of sp³-hybridized carbons (Fsp3) is 0.705. The number of carboxylic acid groups (broad SMARTS) is 1. The fourth-order valence-electron chi connectivity index (χ4n) is 13.5. The molecule has 43 heteroatoms. The molecule has 0 aliphatic carbocycles. The summed E-state index contributed by atoms with van der Waals surface area (Å²) in [5.74, 6) is -18.1. The first kappa shape index (κ1) is 105. The summed E-state index contributed by atoms with van der Waals surface area (Å²) in [6.07, 6.45) is -4.49. The maximum Gasteiger partial charge on any atom is 0.326 e. The predicted octanol–water partition coefficient (Wildman–Crippen LogP) is -7.13. The number of likely N-dealkylation sites (tertiary alicyclic amines) is 2. The van der Waals surface area contributed by atoms with Gasteiger partial charge in [-0.1, -0.05) is 67.5 Å². The number of aliphatic hydroxyl groups is 4. The van der Waals surface area contributed by atoms with Crippen LogP contribution in [0.4, 0.5) is 0 Å². The van der Waals surface area contributed by atoms with Crippen LogP contribution in [0.15, 0.2) is 29.3 Å². The monoisotopic (exact) mass is 1720 g/mol. The molecule has 18 atom stereocenters. The van der Waals surface area contributed by atoms with E-state index in [9.17, 15) is 107 Å². The number of aromatic hydroxyl groups is 1. The van der Waals surface area contributed by atoms with Crippen LogP contribution in [0.25, 0.3) is 0 Å². The number of benzene rings is 1. The van der Waals surface area contributed by atoms with Gasteiger partial charge in [0.05, 0.1) is 31.0 Å². The number of carbonyl (C=O) groups is 16. The minimum absolute atomic E-state index is 0.0137. The average Bonchev–Trinajstić information content (AvgIpc) is 1.71. The third kappa shape index (κ3) is 34.5. The summed E-state index contributed by atoms with van der Waals surface area (Å²) in [5, 5.41) is 93.0. The first-order valence-corrected chi connectivity index (χ1v) is 41.2. The smallest absolute Gasteiger partial charge is 0.326 e. The predicted molar refractivity (Wildman–Crippen MR) is 440 cm³/mol. The van der Waals surface area contributed by atoms with Crippen molar-refractivity contribution in [3.8, 4) is 5.75 Å². The quantitative estimate of drug-likeness (QED) is 0.0164. The van der Waals surface area contributed by atoms with Crippen LogP contribution < -0.4 is 98.2 Å². The number of aliphatic carboxylic acids is 1. The van der Waals surface area contributed by atoms with E-state index in [4.69, 9.17) is 34.4 Å². The van der Waals surface area contributed by atoms with Gasteiger partial charge in [0, 0.05) is 32.5 Å². The van der Waals surface area contributed by atoms with Crippen molar-refractivity contribution < 1.29 is 107 Å². The molecule has 2 heterocycles. The number of hydrogen-bond acceptors (Lipinski definition) is 25. The largest absolute Gasteiger partial charge is 0.508 e. The Bertz CT molecular complexity index is 3680. The van der Waals surface area contributed by atoms with Gasteiger partial charge in [0.1, 0.15) is 90.3 Å². The number of phenols is 1. The molecule has 15 amide bonds. The highest BCUT2D eigenvalue weighted by molar-refractivity contribution is 6.01. The Morgan fingerprint density at radius 3 is 1.26 bits per heavy atom. The molecule has 2 aliphatic rings. The van der Waals surface area contributed by atoms with Crippen molar-refractivity contribution in [3.05, 3.63) is 29.8 Å². The van der Waals surface area contributed by atoms with Crippen molar-refractivity contribution in [1.82, 2.24) is 73.6 Å². The summed E-state index contributed by atoms with van der Waals surface area (Å²) >= 11 is 0. The lowest BCUT2D eigenvalue weighted by atomic mass is 10.00. The zero-order valence-electron chi connectivity index (χ0n) is 71.1. The molecule has 0 bridgehead atoms. The van der Waals surface area contributed by atoms with Crippen molar-refractivity contribution in [2.24, 2.45) is 63.1 Å². The topological polar surface area (TPSA) is 714 Å². The number of rotatable bonds is 53. The molecule has 2 fully saturated rings. The molecule has 0 radical (unpaired) electrons. The van der Waals surface area contributed by atoms with Gasteiger partial charge in [-0.15, -0.1) is 0 Å². The van der Waals surface area contributed by atoms with Crippen LogP contribution in [0, 0.1) is 23.7 Å². The number of unbranched alkanes of at least 4 members (excludes halogenated alkanes) is 2. The lowest BCUT2D eigenvalue weighted by Crippen LogP contribution is -2.63. The van der Waals surface area contributed by atoms with Crippen LogP contribution in [-0.4, -0.2) is 289 Å². The van der Waals surface area contributed by atoms with Crippen molar-refractivity contribution in [2.45, 2.75) is 288 Å². The number of amides is 15. The Hall–Kier alpha value is -10.5. The van der Waals surface area contributed by atoms with Crippen LogP contribution >= 0.6 is 0 Å². The van der Waals surface area contributed by atoms with E-state index in [1.165, 1.54) is 56.9 Å². The minimum Gasteiger partial charge on any atom is -0.508 e. The fourth-order valence-corrected chi connectivity index (χ4v) is 13.5. The number of nitrogens with one attached hydrogen (secondary N) is 12. The summed E-state index contributed by atoms with van der Waals surface area (Å²) in [5.41, 5.74) is 34.7. The molecule has 0 saturated carbocycles. The second-order valence-electron chi connectivity index (χ2n) is 32.3. The van der Waals surface area contributed by atoms with Gasteiger partial charge in [0.25, 0.3) is 0 Å². The van der Waals surface area contributed by atoms with Gasteiger partial charge in [-0.3, -0.25) is 76.9 Å². The second kappa shape index (κ2) is 52.0. The van der Waals surface area contributed by atoms with Gasteiger partial charge in [-0.05, 0) is 165 Å². The van der Waals surface area contributed by atoms with Gasteiger partial charge >= 0.3 is 5.97 Å². The standard InChI is InChI=1S/C78H133N21O22/c1-38(2)35-52(77(120)121)91-74(117)61(43(10)102)96-70(113)55-23-18-34-99(55)76(119)62(44(11)103)97-68(111)53(37-100)92-72(115)58(40(5)6)93-66(109)50(28-29-56(81)105)87-69(112)54-22-17-33-98(54)75(118)59(41(7)8)94-65(108)48(20-13-15-31-80)86-63(106)47(19-12-14-30-79)89-73(116)60(42(9)101)95-67(110)51(36-45-24-26-46(104)27-25-45)90-64(107)49(21-16-32-85-78(83)84)88-71(114)57(82)39(3)4/h24-27,38-44,47-55,57-62,100-104H,12-23,28-37,79-80,82H2,1-11H3,(H2,81,105)(H,86,106)(H,87,112)(H,88,114)(H,89,116)(H,90,107)(H,91,117)(H,92,115)(H,93,109)(H,94,108)(H,95,110)(H,96,113)(H,97,111)(H,120,121)(H4,83,84,85)/t42-,43-,44-,47+,48+,49+,50+,51+,52+,53+,54+,55+,57+,58+,59+,60+,61+,62+/m1/s1. The number of guanidine groups is 1. The van der Waals surface area contributed by atoms with E-state index >= 15 is 0 Å². The molecule has 30 N–H and O–H groups in total. The van der Waals surface area contributed by atoms with Crippen LogP contribution in [0.5, 0.6) is 5.75 Å². The van der Waals surface area contributed by atoms with Gasteiger partial charge in [-0.2, -0.15) is 0 Å². The molecule has 0 spiro atoms. The molecule has 1 aromatic rings. The second-order valence-corrected chi connectivity index (χ2v) is 32.3. The molecule has 682 valence electrons. The molecular formula is C78H133N21O22. The van der Waals surface area contributed by atoms with E-state index in [1.807, 2.05) is 0 Å². The number of carboxylic acids is 1. The Labute approximate surface area is 704 Å². The lowest BCUT2D eigenvalue weighted by Gasteiger charge is -2.33. The van der Waals surface area contributed by atoms with E-state index in [0.717, 1.165) is 11.8 Å². The summed E-state index contributed by atoms with van der Waals surface area (Å²) in [7, 11) is 0. The number of nitrogens with two attached hydrogens (primary N) is 6. The first-order chi connectivity index (χ1) is 56.8. The Kier molecular flexibility index (Phi) is 45.0. The van der Waals surface area contributed by atoms with E-state index in [2.05, 4.69) is 68.8 Å². The summed E-state index contributed by atoms with van der Waals surface area (Å²) in [6, 6.07) is -17.0. The third-order valence-electron chi connectivity index (χ3n) is 20.5. The highest BCUT2D eigenvalue weighted by atomic mass is 16.4. The Balaban J connectivity index is 1.88. The highest BCUT2D eigenvalue weighted by Crippen LogP contribution is 2.24. The summed E-state index contributed by atoms with van der Waals surface area (Å²) in [4.78, 5) is 229. The molecular weight excluding hydrogens is 1580 g/mol. The van der Waals surface area contributed by atoms with Crippen molar-refractivity contribution in [2.75, 3.05) is 39.3 Å². The van der Waals surface area contributed by atoms with Crippen molar-refractivity contribution >= 4 is 101 Å². The van der Waals surface area contributed by atoms with Crippen LogP contribution in [0.2, 0.25) is 0 Å². The molecule has 3 rings (SSSR count). The van der Waals surface area contributed by atoms with E-state index < -0.39 is 235 Å². The van der Waals surface area contributed by atoms with Crippen molar-refractivity contribution in [3.63, 3.8) is 0 Å². The Morgan fingerprint density at radius 1 is 0.438 bits per heavy atom. The molecule has 0 unspecified atom stereocenters. The molecule has 2 aliphatic heterocycles. The highest BCUT2D eigenvalue weighted by Gasteiger charge is 2.45. The van der Waals surface area contributed by atoms with Crippen molar-refractivity contribution in [1.29, 1.82) is 0 Å². The van der Waals surface area contributed by atoms with E-state index in [0.29, 0.717) is 18.4 Å². The zero-order valence-corrected chi connectivity index (χ0v) is 71.1. The molecule has 0 aromatic heterocycles. The molecule has 2 saturated heterocycles. The number of nitrogens with zero attached hydrogens (tertiary/aromatic N) is 3. The average molecular weight is 1720 g/mol. The van der Waals surface area contributed by atoms with Crippen LogP contribution in [0.1, 0.15) is 178 Å². The zero-order chi connectivity index (χ0) is 91.4. The number of hydrogen-bond donors (Lipinski definition) is 24. The number of carbonyl (C=O) groups excluding carboxylic acids is 15. The molecule has 43 nitrogen and oxygen atoms in total. The maximum atomic E-state index is 14.9. The number of aliphatic hydroxyl groups excluding tert-OH is 4. The third-order valence-corrected chi connectivity index (χ3v) is 20.5. The minimum atomic E-state index is -1.88. The number of primary amides is 1. The van der Waals surface area contributed by atoms with Crippen LogP contribution in [-0.2, 0) is 83.1 Å². The molecule has 121 heavy (non-hydrogen) atoms. The van der Waals surface area contributed by atoms with Gasteiger partial charge in [-0.25, -0.2) is 4.79 Å². The lowest BCUT2D eigenvalue weighted by molar-refractivity contribution is -0.146. The summed E-state index contributed by atoms with van der Waals surface area (Å²) < 4.78 is 0. The van der Waals surface area contributed by atoms with Crippen LogP contribution in [0.3, 0.4) is 0 Å². The van der Waals surface area contributed by atoms with E-state index in [-0.39, 0.29) is 133 Å². The van der Waals surface area contributed by atoms with Gasteiger partial charge in [0.15, 0.2) is 5.96 Å². The Morgan fingerprint density at radius 2 is 0.818 bits per heavy atom. The summed E-state index contributed by atoms with van der Waals surface area (Å²) in [6.45, 7) is 15.6.